The van der Waals surface area contributed by atoms with Crippen molar-refractivity contribution in [1.29, 1.82) is 0 Å². The van der Waals surface area contributed by atoms with Crippen LogP contribution in [-0.2, 0) is 14.8 Å². The third kappa shape index (κ3) is 7.32. The molecule has 3 aromatic carbocycles. The van der Waals surface area contributed by atoms with Crippen LogP contribution in [0.5, 0.6) is 11.5 Å². The van der Waals surface area contributed by atoms with Gasteiger partial charge in [-0.05, 0) is 79.6 Å². The topological polar surface area (TPSA) is 97.3 Å². The Balaban J connectivity index is 1.72. The lowest BCUT2D eigenvalue weighted by molar-refractivity contribution is -0.119. The largest absolute Gasteiger partial charge is 0.497 e. The van der Waals surface area contributed by atoms with Gasteiger partial charge in [-0.15, -0.1) is 0 Å². The van der Waals surface area contributed by atoms with Crippen LogP contribution >= 0.6 is 0 Å². The van der Waals surface area contributed by atoms with Gasteiger partial charge in [0.2, 0.25) is 0 Å². The van der Waals surface area contributed by atoms with Gasteiger partial charge in [0.05, 0.1) is 30.5 Å². The Bertz CT molecular complexity index is 1260. The molecular weight excluding hydrogens is 478 g/mol. The molecule has 0 atom stereocenters. The van der Waals surface area contributed by atoms with Gasteiger partial charge < -0.3 is 9.47 Å². The van der Waals surface area contributed by atoms with Crippen molar-refractivity contribution in [1.82, 2.24) is 5.43 Å². The van der Waals surface area contributed by atoms with Crippen molar-refractivity contribution < 1.29 is 22.7 Å². The molecule has 0 radical (unpaired) electrons. The second kappa shape index (κ2) is 12.7. The van der Waals surface area contributed by atoms with Crippen molar-refractivity contribution in [2.75, 3.05) is 24.6 Å². The molecule has 0 bridgehead atoms. The molecule has 0 heterocycles. The van der Waals surface area contributed by atoms with Crippen LogP contribution in [0.2, 0.25) is 0 Å². The summed E-state index contributed by atoms with van der Waals surface area (Å²) in [6.07, 6.45) is 3.54. The quantitative estimate of drug-likeness (QED) is 0.220. The van der Waals surface area contributed by atoms with E-state index in [1.165, 1.54) is 25.5 Å². The molecule has 0 aliphatic carbocycles. The van der Waals surface area contributed by atoms with Gasteiger partial charge in [0.25, 0.3) is 15.9 Å². The van der Waals surface area contributed by atoms with Crippen LogP contribution in [0, 0.1) is 6.92 Å². The van der Waals surface area contributed by atoms with Crippen LogP contribution < -0.4 is 19.2 Å². The van der Waals surface area contributed by atoms with E-state index in [9.17, 15) is 13.2 Å². The Labute approximate surface area is 212 Å². The van der Waals surface area contributed by atoms with Crippen molar-refractivity contribution in [3.05, 3.63) is 83.9 Å². The molecule has 0 saturated carbocycles. The first-order chi connectivity index (χ1) is 17.3. The van der Waals surface area contributed by atoms with Crippen LogP contribution in [0.4, 0.5) is 5.69 Å². The molecule has 36 heavy (non-hydrogen) atoms. The molecule has 0 fully saturated rings. The summed E-state index contributed by atoms with van der Waals surface area (Å²) in [7, 11) is -2.49. The molecule has 190 valence electrons. The highest BCUT2D eigenvalue weighted by atomic mass is 32.2. The molecule has 0 aromatic heterocycles. The maximum atomic E-state index is 13.4. The van der Waals surface area contributed by atoms with Gasteiger partial charge in [-0.1, -0.05) is 31.0 Å². The first-order valence-electron chi connectivity index (χ1n) is 11.6. The number of nitrogens with one attached hydrogen (secondary N) is 1. The second-order valence-electron chi connectivity index (χ2n) is 8.09. The Morgan fingerprint density at radius 3 is 2.22 bits per heavy atom. The molecule has 3 rings (SSSR count). The number of anilines is 1. The summed E-state index contributed by atoms with van der Waals surface area (Å²) in [5.74, 6) is 0.751. The highest BCUT2D eigenvalue weighted by molar-refractivity contribution is 7.92. The summed E-state index contributed by atoms with van der Waals surface area (Å²) in [5.41, 5.74) is 4.43. The Morgan fingerprint density at radius 2 is 1.61 bits per heavy atom. The third-order valence-electron chi connectivity index (χ3n) is 5.31. The second-order valence-corrected chi connectivity index (χ2v) is 9.95. The molecule has 9 heteroatoms. The van der Waals surface area contributed by atoms with E-state index in [-0.39, 0.29) is 4.90 Å². The molecular formula is C27H31N3O5S. The number of carbonyl (C=O) groups is 1. The summed E-state index contributed by atoms with van der Waals surface area (Å²) in [6, 6.07) is 20.2. The van der Waals surface area contributed by atoms with Crippen molar-refractivity contribution in [2.24, 2.45) is 5.10 Å². The highest BCUT2D eigenvalue weighted by Crippen LogP contribution is 2.26. The zero-order valence-corrected chi connectivity index (χ0v) is 21.5. The Kier molecular flexibility index (Phi) is 9.46. The molecule has 1 N–H and O–H groups in total. The van der Waals surface area contributed by atoms with E-state index in [1.54, 1.807) is 36.4 Å². The lowest BCUT2D eigenvalue weighted by Gasteiger charge is -2.24. The fourth-order valence-electron chi connectivity index (χ4n) is 3.23. The number of hydrogen-bond acceptors (Lipinski definition) is 6. The zero-order chi connectivity index (χ0) is 26.0. The number of unbranched alkanes of at least 4 members (excludes halogenated alkanes) is 1. The predicted molar refractivity (Wildman–Crippen MR) is 141 cm³/mol. The van der Waals surface area contributed by atoms with Gasteiger partial charge in [0.1, 0.15) is 18.0 Å². The van der Waals surface area contributed by atoms with E-state index in [4.69, 9.17) is 9.47 Å². The fraction of sp³-hybridized carbons (Fsp3) is 0.259. The summed E-state index contributed by atoms with van der Waals surface area (Å²) in [6.45, 7) is 4.18. The molecule has 3 aromatic rings. The number of amides is 1. The Hall–Kier alpha value is -3.85. The molecule has 0 spiro atoms. The number of sulfonamides is 1. The normalized spacial score (nSPS) is 11.3. The minimum absolute atomic E-state index is 0.0847. The predicted octanol–water partition coefficient (Wildman–Crippen LogP) is 4.53. The van der Waals surface area contributed by atoms with Crippen molar-refractivity contribution in [3.63, 3.8) is 0 Å². The number of benzene rings is 3. The Morgan fingerprint density at radius 1 is 0.972 bits per heavy atom. The van der Waals surface area contributed by atoms with Crippen LogP contribution in [0.1, 0.15) is 30.9 Å². The maximum absolute atomic E-state index is 13.4. The summed E-state index contributed by atoms with van der Waals surface area (Å²) >= 11 is 0. The molecule has 0 aliphatic heterocycles. The number of aryl methyl sites for hydroxylation is 1. The van der Waals surface area contributed by atoms with E-state index in [1.807, 2.05) is 31.2 Å². The standard InChI is InChI=1S/C27H31N3O5S/c1-4-5-18-35-25-12-8-22(9-13-25)19-28-29-27(31)20-30(23-10-14-24(34-3)15-11-23)36(32,33)26-16-6-21(2)7-17-26/h6-17,19H,4-5,18,20H2,1-3H3,(H,29,31)/b28-19-. The van der Waals surface area contributed by atoms with Crippen LogP contribution in [0.25, 0.3) is 0 Å². The van der Waals surface area contributed by atoms with Crippen LogP contribution in [-0.4, -0.2) is 40.8 Å². The minimum Gasteiger partial charge on any atom is -0.497 e. The maximum Gasteiger partial charge on any atom is 0.264 e. The van der Waals surface area contributed by atoms with Gasteiger partial charge in [-0.25, -0.2) is 13.8 Å². The molecule has 0 unspecified atom stereocenters. The van der Waals surface area contributed by atoms with Gasteiger partial charge >= 0.3 is 0 Å². The lowest BCUT2D eigenvalue weighted by atomic mass is 10.2. The SMILES string of the molecule is CCCCOc1ccc(/C=N\NC(=O)CN(c2ccc(OC)cc2)S(=O)(=O)c2ccc(C)cc2)cc1. The van der Waals surface area contributed by atoms with Crippen molar-refractivity contribution in [2.45, 2.75) is 31.6 Å². The van der Waals surface area contributed by atoms with E-state index in [0.717, 1.165) is 34.0 Å². The number of carbonyl (C=O) groups excluding carboxylic acids is 1. The summed E-state index contributed by atoms with van der Waals surface area (Å²) in [4.78, 5) is 12.8. The third-order valence-corrected chi connectivity index (χ3v) is 7.09. The van der Waals surface area contributed by atoms with Gasteiger partial charge in [0.15, 0.2) is 0 Å². The van der Waals surface area contributed by atoms with Crippen LogP contribution in [0.3, 0.4) is 0 Å². The minimum atomic E-state index is -4.01. The zero-order valence-electron chi connectivity index (χ0n) is 20.7. The molecule has 8 nitrogen and oxygen atoms in total. The highest BCUT2D eigenvalue weighted by Gasteiger charge is 2.27. The van der Waals surface area contributed by atoms with E-state index in [2.05, 4.69) is 17.5 Å². The molecule has 1 amide bonds. The first kappa shape index (κ1) is 26.7. The van der Waals surface area contributed by atoms with E-state index < -0.39 is 22.5 Å². The summed E-state index contributed by atoms with van der Waals surface area (Å²) in [5, 5.41) is 3.98. The van der Waals surface area contributed by atoms with Crippen molar-refractivity contribution >= 4 is 27.8 Å². The number of nitrogens with zero attached hydrogens (tertiary/aromatic N) is 2. The smallest absolute Gasteiger partial charge is 0.264 e. The molecule has 0 saturated heterocycles. The number of methoxy groups -OCH3 is 1. The molecule has 0 aliphatic rings. The van der Waals surface area contributed by atoms with Gasteiger partial charge in [-0.2, -0.15) is 5.10 Å². The van der Waals surface area contributed by atoms with Gasteiger partial charge in [-0.3, -0.25) is 9.10 Å². The summed E-state index contributed by atoms with van der Waals surface area (Å²) < 4.78 is 38.7. The number of ether oxygens (including phenoxy) is 2. The number of rotatable bonds is 12. The first-order valence-corrected chi connectivity index (χ1v) is 13.1. The van der Waals surface area contributed by atoms with Crippen molar-refractivity contribution in [3.8, 4) is 11.5 Å². The lowest BCUT2D eigenvalue weighted by Crippen LogP contribution is -2.39. The fourth-order valence-corrected chi connectivity index (χ4v) is 4.65. The van der Waals surface area contributed by atoms with E-state index in [0.29, 0.717) is 18.0 Å². The average Bonchev–Trinajstić information content (AvgIpc) is 2.88. The number of hydrazone groups is 1. The number of hydrogen-bond donors (Lipinski definition) is 1. The van der Waals surface area contributed by atoms with Crippen LogP contribution in [0.15, 0.2) is 82.8 Å². The van der Waals surface area contributed by atoms with E-state index >= 15 is 0 Å². The van der Waals surface area contributed by atoms with Gasteiger partial charge in [0, 0.05) is 0 Å². The average molecular weight is 510 g/mol. The monoisotopic (exact) mass is 509 g/mol.